The molecule has 4 aliphatic heterocycles. The van der Waals surface area contributed by atoms with E-state index in [-0.39, 0.29) is 36.4 Å². The Morgan fingerprint density at radius 3 is 2.55 bits per heavy atom. The Morgan fingerprint density at radius 1 is 1.08 bits per heavy atom. The molecule has 3 amide bonds. The van der Waals surface area contributed by atoms with Crippen molar-refractivity contribution in [1.29, 1.82) is 0 Å². The third-order valence-electron chi connectivity index (χ3n) is 9.88. The van der Waals surface area contributed by atoms with Gasteiger partial charge >= 0.3 is 0 Å². The number of fused-ring (bicyclic) bond motifs is 1. The number of rotatable bonds is 7. The van der Waals surface area contributed by atoms with Crippen LogP contribution in [0, 0.1) is 5.82 Å². The number of hydrogen-bond acceptors (Lipinski definition) is 11. The van der Waals surface area contributed by atoms with E-state index in [0.29, 0.717) is 28.0 Å². The van der Waals surface area contributed by atoms with Crippen LogP contribution in [-0.2, 0) is 22.7 Å². The highest BCUT2D eigenvalue weighted by Crippen LogP contribution is 2.40. The molecule has 3 fully saturated rings. The monoisotopic (exact) mass is 707 g/mol. The summed E-state index contributed by atoms with van der Waals surface area (Å²) in [6.07, 6.45) is 3.90. The molecule has 49 heavy (non-hydrogen) atoms. The molecule has 0 aliphatic carbocycles. The predicted molar refractivity (Wildman–Crippen MR) is 186 cm³/mol. The molecule has 15 heteroatoms. The van der Waals surface area contributed by atoms with Crippen molar-refractivity contribution in [2.24, 2.45) is 5.73 Å². The van der Waals surface area contributed by atoms with E-state index in [1.807, 2.05) is 24.3 Å². The predicted octanol–water partition coefficient (Wildman–Crippen LogP) is 3.40. The van der Waals surface area contributed by atoms with Crippen molar-refractivity contribution in [1.82, 2.24) is 25.1 Å². The van der Waals surface area contributed by atoms with E-state index < -0.39 is 23.7 Å². The zero-order valence-corrected chi connectivity index (χ0v) is 28.8. The number of anilines is 3. The first-order chi connectivity index (χ1) is 23.5. The molecule has 5 heterocycles. The van der Waals surface area contributed by atoms with Crippen LogP contribution in [0.25, 0.3) is 0 Å². The Hall–Kier alpha value is -3.98. The summed E-state index contributed by atoms with van der Waals surface area (Å²) in [5, 5.41) is 3.50. The van der Waals surface area contributed by atoms with Gasteiger partial charge in [0.2, 0.25) is 11.8 Å². The van der Waals surface area contributed by atoms with Gasteiger partial charge in [-0.1, -0.05) is 35.5 Å². The summed E-state index contributed by atoms with van der Waals surface area (Å²) in [4.78, 5) is 55.1. The van der Waals surface area contributed by atoms with E-state index in [1.54, 1.807) is 6.20 Å². The second kappa shape index (κ2) is 13.4. The van der Waals surface area contributed by atoms with Crippen LogP contribution in [0.4, 0.5) is 21.7 Å². The van der Waals surface area contributed by atoms with Crippen molar-refractivity contribution in [2.75, 3.05) is 54.8 Å². The van der Waals surface area contributed by atoms with Gasteiger partial charge in [-0.2, -0.15) is 0 Å². The second-order valence-electron chi connectivity index (χ2n) is 13.5. The first-order valence-electron chi connectivity index (χ1n) is 16.5. The summed E-state index contributed by atoms with van der Waals surface area (Å²) in [6.45, 7) is 7.25. The molecule has 4 aliphatic rings. The van der Waals surface area contributed by atoms with Crippen LogP contribution in [-0.4, -0.2) is 88.3 Å². The molecule has 1 aromatic heterocycles. The van der Waals surface area contributed by atoms with E-state index in [1.165, 1.54) is 22.7 Å². The second-order valence-corrected chi connectivity index (χ2v) is 14.9. The average molecular weight is 708 g/mol. The van der Waals surface area contributed by atoms with E-state index in [4.69, 9.17) is 23.1 Å². The lowest BCUT2D eigenvalue weighted by atomic mass is 9.91. The van der Waals surface area contributed by atoms with Crippen LogP contribution in [0.5, 0.6) is 0 Å². The summed E-state index contributed by atoms with van der Waals surface area (Å²) in [7, 11) is 0. The molecule has 258 valence electrons. The molecule has 1 atom stereocenters. The van der Waals surface area contributed by atoms with E-state index in [0.717, 1.165) is 74.1 Å². The zero-order valence-electron chi connectivity index (χ0n) is 27.3. The number of piperazine rings is 1. The van der Waals surface area contributed by atoms with Gasteiger partial charge in [-0.25, -0.2) is 14.4 Å². The standard InChI is InChI=1S/C34H39ClFN9O3S/c1-34(38)7-9-44(10-8-34)26-17-39-32(30(37)40-26)49-25-4-2-3-23(29(25)35)43-13-11-42(12-14-43)18-20-15-21-19-45(33(48)28(21)22(36)16-20)24-5-6-27(46)41-31(24)47/h2-4,15-17,24H,5-14,18-19,38H2,1H3,(H2,37,40)(H,41,46,47). The van der Waals surface area contributed by atoms with Gasteiger partial charge in [-0.05, 0) is 55.5 Å². The molecule has 0 radical (unpaired) electrons. The zero-order chi connectivity index (χ0) is 34.4. The molecule has 3 saturated heterocycles. The summed E-state index contributed by atoms with van der Waals surface area (Å²) in [5.74, 6) is -0.861. The van der Waals surface area contributed by atoms with Crippen molar-refractivity contribution < 1.29 is 18.8 Å². The Bertz CT molecular complexity index is 1810. The highest BCUT2D eigenvalue weighted by atomic mass is 35.5. The van der Waals surface area contributed by atoms with Gasteiger partial charge in [0.05, 0.1) is 22.5 Å². The number of benzene rings is 2. The average Bonchev–Trinajstić information content (AvgIpc) is 3.39. The number of nitrogens with zero attached hydrogens (tertiary/aromatic N) is 6. The third kappa shape index (κ3) is 6.91. The smallest absolute Gasteiger partial charge is 0.258 e. The van der Waals surface area contributed by atoms with Gasteiger partial charge < -0.3 is 26.2 Å². The maximum absolute atomic E-state index is 15.3. The van der Waals surface area contributed by atoms with Crippen molar-refractivity contribution in [2.45, 2.75) is 67.2 Å². The number of halogens is 2. The van der Waals surface area contributed by atoms with Gasteiger partial charge in [0.15, 0.2) is 5.82 Å². The first-order valence-corrected chi connectivity index (χ1v) is 17.7. The Kier molecular flexibility index (Phi) is 9.15. The normalized spacial score (nSPS) is 21.3. The van der Waals surface area contributed by atoms with E-state index in [9.17, 15) is 14.4 Å². The van der Waals surface area contributed by atoms with Crippen molar-refractivity contribution in [3.05, 3.63) is 64.1 Å². The van der Waals surface area contributed by atoms with E-state index in [2.05, 4.69) is 36.9 Å². The van der Waals surface area contributed by atoms with Gasteiger partial charge in [-0.3, -0.25) is 24.6 Å². The van der Waals surface area contributed by atoms with Crippen molar-refractivity contribution >= 4 is 58.4 Å². The summed E-state index contributed by atoms with van der Waals surface area (Å²) in [5.41, 5.74) is 14.7. The minimum Gasteiger partial charge on any atom is -0.381 e. The fraction of sp³-hybridized carbons (Fsp3) is 0.441. The number of carbonyl (C=O) groups is 3. The van der Waals surface area contributed by atoms with Crippen LogP contribution < -0.4 is 26.6 Å². The van der Waals surface area contributed by atoms with Crippen LogP contribution in [0.3, 0.4) is 0 Å². The Morgan fingerprint density at radius 2 is 1.84 bits per heavy atom. The number of hydrogen-bond donors (Lipinski definition) is 3. The Balaban J connectivity index is 0.968. The van der Waals surface area contributed by atoms with Crippen LogP contribution >= 0.6 is 23.4 Å². The molecule has 3 aromatic rings. The number of carbonyl (C=O) groups excluding carboxylic acids is 3. The number of amides is 3. The molecule has 0 spiro atoms. The quantitative estimate of drug-likeness (QED) is 0.310. The highest BCUT2D eigenvalue weighted by Gasteiger charge is 2.40. The fourth-order valence-electron chi connectivity index (χ4n) is 7.00. The number of piperidine rings is 2. The van der Waals surface area contributed by atoms with Crippen LogP contribution in [0.15, 0.2) is 46.5 Å². The number of imide groups is 1. The summed E-state index contributed by atoms with van der Waals surface area (Å²) >= 11 is 8.35. The summed E-state index contributed by atoms with van der Waals surface area (Å²) in [6, 6.07) is 8.41. The van der Waals surface area contributed by atoms with E-state index >= 15 is 4.39 Å². The van der Waals surface area contributed by atoms with Gasteiger partial charge in [0.1, 0.15) is 22.7 Å². The molecular formula is C34H39ClFN9O3S. The highest BCUT2D eigenvalue weighted by molar-refractivity contribution is 7.99. The first kappa shape index (κ1) is 33.5. The third-order valence-corrected chi connectivity index (χ3v) is 11.5. The molecule has 7 rings (SSSR count). The largest absolute Gasteiger partial charge is 0.381 e. The maximum Gasteiger partial charge on any atom is 0.258 e. The molecule has 0 saturated carbocycles. The lowest BCUT2D eigenvalue weighted by molar-refractivity contribution is -0.136. The van der Waals surface area contributed by atoms with Crippen molar-refractivity contribution in [3.63, 3.8) is 0 Å². The van der Waals surface area contributed by atoms with Gasteiger partial charge in [-0.15, -0.1) is 0 Å². The number of nitrogen functional groups attached to an aromatic ring is 1. The van der Waals surface area contributed by atoms with Crippen molar-refractivity contribution in [3.8, 4) is 0 Å². The summed E-state index contributed by atoms with van der Waals surface area (Å²) < 4.78 is 15.3. The minimum atomic E-state index is -0.781. The fourth-order valence-corrected chi connectivity index (χ4v) is 8.17. The minimum absolute atomic E-state index is 0.0102. The molecule has 12 nitrogen and oxygen atoms in total. The molecule has 0 bridgehead atoms. The molecular weight excluding hydrogens is 669 g/mol. The Labute approximate surface area is 293 Å². The number of nitrogens with one attached hydrogen (secondary N) is 1. The molecule has 5 N–H and O–H groups in total. The molecule has 1 unspecified atom stereocenters. The molecule has 2 aromatic carbocycles. The lowest BCUT2D eigenvalue weighted by Crippen LogP contribution is -2.52. The van der Waals surface area contributed by atoms with Crippen LogP contribution in [0.1, 0.15) is 54.1 Å². The lowest BCUT2D eigenvalue weighted by Gasteiger charge is -2.37. The maximum atomic E-state index is 15.3. The SMILES string of the molecule is CC1(N)CCN(c2cnc(Sc3cccc(N4CCN(Cc5cc(F)c6c(c5)CN(C5CCC(=O)NC5=O)C6=O)CC4)c3Cl)c(N)n2)CC1. The number of aromatic nitrogens is 2. The van der Waals surface area contributed by atoms with Crippen LogP contribution in [0.2, 0.25) is 5.02 Å². The van der Waals surface area contributed by atoms with Gasteiger partial charge in [0.25, 0.3) is 5.91 Å². The topological polar surface area (TPSA) is 154 Å². The van der Waals surface area contributed by atoms with Gasteiger partial charge in [0, 0.05) is 69.2 Å². The number of nitrogens with two attached hydrogens (primary N) is 2.